The summed E-state index contributed by atoms with van der Waals surface area (Å²) in [7, 11) is 4.48. The Morgan fingerprint density at radius 2 is 1.73 bits per heavy atom. The number of methoxy groups -OCH3 is 3. The van der Waals surface area contributed by atoms with Crippen LogP contribution in [-0.2, 0) is 0 Å². The molecule has 0 saturated carbocycles. The zero-order chi connectivity index (χ0) is 18.7. The van der Waals surface area contributed by atoms with Crippen LogP contribution in [0.5, 0.6) is 17.2 Å². The average Bonchev–Trinajstić information content (AvgIpc) is 3.21. The lowest BCUT2D eigenvalue weighted by atomic mass is 10.0. The second-order valence-corrected chi connectivity index (χ2v) is 6.13. The number of ketones is 1. The van der Waals surface area contributed by atoms with Gasteiger partial charge < -0.3 is 19.9 Å². The summed E-state index contributed by atoms with van der Waals surface area (Å²) in [5.74, 6) is 1.03. The Labute approximate surface area is 154 Å². The van der Waals surface area contributed by atoms with Gasteiger partial charge in [-0.3, -0.25) is 4.79 Å². The van der Waals surface area contributed by atoms with Crippen LogP contribution in [0.1, 0.15) is 15.9 Å². The number of carbonyl (C=O) groups excluding carboxylic acids is 1. The molecule has 2 aromatic heterocycles. The van der Waals surface area contributed by atoms with Gasteiger partial charge in [0.15, 0.2) is 17.3 Å². The zero-order valence-electron chi connectivity index (χ0n) is 14.5. The number of benzene rings is 1. The molecule has 1 aromatic carbocycles. The molecular weight excluding hydrogens is 354 g/mol. The fourth-order valence-electron chi connectivity index (χ4n) is 2.51. The Morgan fingerprint density at radius 3 is 2.27 bits per heavy atom. The van der Waals surface area contributed by atoms with Crippen molar-refractivity contribution in [2.75, 3.05) is 27.1 Å². The summed E-state index contributed by atoms with van der Waals surface area (Å²) in [4.78, 5) is 21.4. The number of anilines is 1. The summed E-state index contributed by atoms with van der Waals surface area (Å²) in [6.07, 6.45) is 3.29. The predicted molar refractivity (Wildman–Crippen MR) is 99.3 cm³/mol. The highest BCUT2D eigenvalue weighted by Gasteiger charge is 2.20. The summed E-state index contributed by atoms with van der Waals surface area (Å²) >= 11 is 1.46. The highest BCUT2D eigenvalue weighted by atomic mass is 32.1. The van der Waals surface area contributed by atoms with Gasteiger partial charge in [0.05, 0.1) is 26.9 Å². The summed E-state index contributed by atoms with van der Waals surface area (Å²) in [5, 5.41) is 2.61. The molecule has 26 heavy (non-hydrogen) atoms. The van der Waals surface area contributed by atoms with E-state index in [-0.39, 0.29) is 17.2 Å². The van der Waals surface area contributed by atoms with E-state index in [9.17, 15) is 4.79 Å². The molecule has 0 spiro atoms. The molecule has 0 bridgehead atoms. The Balaban J connectivity index is 2.08. The molecule has 0 unspecified atom stereocenters. The van der Waals surface area contributed by atoms with Crippen molar-refractivity contribution in [2.45, 2.75) is 0 Å². The number of thiazole rings is 1. The van der Waals surface area contributed by atoms with Crippen LogP contribution in [-0.4, -0.2) is 37.1 Å². The van der Waals surface area contributed by atoms with Gasteiger partial charge in [0, 0.05) is 28.9 Å². The van der Waals surface area contributed by atoms with Crippen LogP contribution in [0.4, 0.5) is 5.82 Å². The van der Waals surface area contributed by atoms with Gasteiger partial charge in [-0.1, -0.05) is 0 Å². The molecule has 0 radical (unpaired) electrons. The molecule has 134 valence electrons. The van der Waals surface area contributed by atoms with Gasteiger partial charge in [-0.25, -0.2) is 9.97 Å². The van der Waals surface area contributed by atoms with Crippen LogP contribution in [0, 0.1) is 0 Å². The van der Waals surface area contributed by atoms with E-state index >= 15 is 0 Å². The average molecular weight is 371 g/mol. The number of pyridine rings is 1. The minimum absolute atomic E-state index is 0.143. The molecule has 7 nitrogen and oxygen atoms in total. The van der Waals surface area contributed by atoms with Crippen LogP contribution in [0.25, 0.3) is 10.6 Å². The second kappa shape index (κ2) is 7.40. The van der Waals surface area contributed by atoms with Crippen LogP contribution in [0.15, 0.2) is 36.0 Å². The van der Waals surface area contributed by atoms with Crippen molar-refractivity contribution < 1.29 is 19.0 Å². The molecule has 3 rings (SSSR count). The van der Waals surface area contributed by atoms with Crippen LogP contribution >= 0.6 is 11.3 Å². The second-order valence-electron chi connectivity index (χ2n) is 5.24. The molecule has 3 aromatic rings. The molecule has 2 N–H and O–H groups in total. The highest BCUT2D eigenvalue weighted by Crippen LogP contribution is 2.39. The van der Waals surface area contributed by atoms with Crippen molar-refractivity contribution >= 4 is 22.9 Å². The van der Waals surface area contributed by atoms with Crippen molar-refractivity contribution in [3.63, 3.8) is 0 Å². The first kappa shape index (κ1) is 17.7. The van der Waals surface area contributed by atoms with Gasteiger partial charge in [-0.15, -0.1) is 11.3 Å². The van der Waals surface area contributed by atoms with Gasteiger partial charge >= 0.3 is 0 Å². The third-order valence-electron chi connectivity index (χ3n) is 3.77. The standard InChI is InChI=1S/C18H17N3O4S/c1-23-13-7-10(8-14(24-2)16(13)25-3)15(22)12-6-11(9-21-17(12)19)18-20-4-5-26-18/h4-9H,1-3H3,(H2,19,21). The van der Waals surface area contributed by atoms with Gasteiger partial charge in [0.2, 0.25) is 5.75 Å². The van der Waals surface area contributed by atoms with E-state index in [1.54, 1.807) is 30.6 Å². The van der Waals surface area contributed by atoms with E-state index in [0.29, 0.717) is 22.8 Å². The van der Waals surface area contributed by atoms with Gasteiger partial charge in [0.1, 0.15) is 10.8 Å². The maximum Gasteiger partial charge on any atom is 0.203 e. The van der Waals surface area contributed by atoms with Gasteiger partial charge in [0.25, 0.3) is 0 Å². The Morgan fingerprint density at radius 1 is 1.04 bits per heavy atom. The van der Waals surface area contributed by atoms with Crippen molar-refractivity contribution in [2.24, 2.45) is 0 Å². The Bertz CT molecular complexity index is 917. The lowest BCUT2D eigenvalue weighted by Crippen LogP contribution is -2.08. The number of carbonyl (C=O) groups is 1. The summed E-state index contributed by atoms with van der Waals surface area (Å²) < 4.78 is 15.9. The first-order chi connectivity index (χ1) is 12.6. The van der Waals surface area contributed by atoms with Crippen molar-refractivity contribution in [3.05, 3.63) is 47.1 Å². The monoisotopic (exact) mass is 371 g/mol. The number of nitrogen functional groups attached to an aromatic ring is 1. The van der Waals surface area contributed by atoms with Gasteiger partial charge in [-0.05, 0) is 18.2 Å². The number of hydrogen-bond donors (Lipinski definition) is 1. The predicted octanol–water partition coefficient (Wildman–Crippen LogP) is 3.04. The minimum atomic E-state index is -0.298. The molecule has 0 atom stereocenters. The van der Waals surface area contributed by atoms with Crippen molar-refractivity contribution in [1.29, 1.82) is 0 Å². The topological polar surface area (TPSA) is 96.6 Å². The molecule has 0 saturated heterocycles. The number of nitrogens with zero attached hydrogens (tertiary/aromatic N) is 2. The molecule has 8 heteroatoms. The zero-order valence-corrected chi connectivity index (χ0v) is 15.3. The number of aromatic nitrogens is 2. The quantitative estimate of drug-likeness (QED) is 0.665. The summed E-state index contributed by atoms with van der Waals surface area (Å²) in [6.45, 7) is 0. The first-order valence-corrected chi connectivity index (χ1v) is 8.47. The maximum atomic E-state index is 13.0. The molecular formula is C18H17N3O4S. The third kappa shape index (κ3) is 3.18. The Hall–Kier alpha value is -3.13. The smallest absolute Gasteiger partial charge is 0.203 e. The lowest BCUT2D eigenvalue weighted by molar-refractivity contribution is 0.103. The van der Waals surface area contributed by atoms with Crippen molar-refractivity contribution in [3.8, 4) is 27.8 Å². The van der Waals surface area contributed by atoms with Crippen LogP contribution in [0.2, 0.25) is 0 Å². The minimum Gasteiger partial charge on any atom is -0.493 e. The summed E-state index contributed by atoms with van der Waals surface area (Å²) in [5.41, 5.74) is 7.30. The van der Waals surface area contributed by atoms with E-state index in [1.165, 1.54) is 32.7 Å². The van der Waals surface area contributed by atoms with Gasteiger partial charge in [-0.2, -0.15) is 0 Å². The molecule has 0 aliphatic heterocycles. The largest absolute Gasteiger partial charge is 0.493 e. The molecule has 0 amide bonds. The number of hydrogen-bond acceptors (Lipinski definition) is 8. The molecule has 0 aliphatic rings. The molecule has 0 fully saturated rings. The van der Waals surface area contributed by atoms with Crippen LogP contribution < -0.4 is 19.9 Å². The van der Waals surface area contributed by atoms with E-state index < -0.39 is 0 Å². The molecule has 0 aliphatic carbocycles. The number of ether oxygens (including phenoxy) is 3. The number of rotatable bonds is 6. The van der Waals surface area contributed by atoms with E-state index in [4.69, 9.17) is 19.9 Å². The third-order valence-corrected chi connectivity index (χ3v) is 4.59. The maximum absolute atomic E-state index is 13.0. The van der Waals surface area contributed by atoms with E-state index in [2.05, 4.69) is 9.97 Å². The normalized spacial score (nSPS) is 10.4. The fourth-order valence-corrected chi connectivity index (χ4v) is 3.13. The fraction of sp³-hybridized carbons (Fsp3) is 0.167. The lowest BCUT2D eigenvalue weighted by Gasteiger charge is -2.14. The van der Waals surface area contributed by atoms with Crippen LogP contribution in [0.3, 0.4) is 0 Å². The summed E-state index contributed by atoms with van der Waals surface area (Å²) in [6, 6.07) is 4.85. The highest BCUT2D eigenvalue weighted by molar-refractivity contribution is 7.13. The van der Waals surface area contributed by atoms with E-state index in [1.807, 2.05) is 5.38 Å². The van der Waals surface area contributed by atoms with E-state index in [0.717, 1.165) is 10.6 Å². The first-order valence-electron chi connectivity index (χ1n) is 7.59. The SMILES string of the molecule is COc1cc(C(=O)c2cc(-c3nccs3)cnc2N)cc(OC)c1OC. The Kier molecular flexibility index (Phi) is 5.04. The molecule has 2 heterocycles. The number of nitrogens with two attached hydrogens (primary N) is 1. The van der Waals surface area contributed by atoms with Crippen molar-refractivity contribution in [1.82, 2.24) is 9.97 Å².